The number of halogens is 2. The van der Waals surface area contributed by atoms with Crippen molar-refractivity contribution in [2.45, 2.75) is 31.7 Å². The number of hydrogen-bond donors (Lipinski definition) is 1. The number of imidazole rings is 1. The van der Waals surface area contributed by atoms with Crippen molar-refractivity contribution >= 4 is 46.2 Å². The summed E-state index contributed by atoms with van der Waals surface area (Å²) in [5, 5.41) is 4.45. The fourth-order valence-corrected chi connectivity index (χ4v) is 5.57. The van der Waals surface area contributed by atoms with Gasteiger partial charge in [0.1, 0.15) is 12.2 Å². The highest BCUT2D eigenvalue weighted by Crippen LogP contribution is 2.35. The average Bonchev–Trinajstić information content (AvgIpc) is 3.57. The van der Waals surface area contributed by atoms with E-state index in [1.54, 1.807) is 6.33 Å². The highest BCUT2D eigenvalue weighted by molar-refractivity contribution is 6.33. The van der Waals surface area contributed by atoms with Crippen LogP contribution in [0.2, 0.25) is 10.0 Å². The SMILES string of the molecule is O=C(NC1CCCC1)N1CCN(c2ncnc3c2nc(-c2ccccc2Cl)n3-c2ccc(Cl)cc2)CC1. The maximum Gasteiger partial charge on any atom is 0.317 e. The zero-order valence-corrected chi connectivity index (χ0v) is 21.8. The molecule has 1 saturated carbocycles. The third kappa shape index (κ3) is 4.71. The molecule has 0 unspecified atom stereocenters. The van der Waals surface area contributed by atoms with Gasteiger partial charge in [0.2, 0.25) is 0 Å². The average molecular weight is 536 g/mol. The Bertz CT molecular complexity index is 1420. The number of carbonyl (C=O) groups excluding carboxylic acids is 1. The first-order valence-electron chi connectivity index (χ1n) is 12.6. The van der Waals surface area contributed by atoms with E-state index in [1.165, 1.54) is 12.8 Å². The number of hydrogen-bond acceptors (Lipinski definition) is 5. The van der Waals surface area contributed by atoms with Gasteiger partial charge in [-0.05, 0) is 49.2 Å². The number of carbonyl (C=O) groups is 1. The van der Waals surface area contributed by atoms with E-state index in [0.717, 1.165) is 29.9 Å². The van der Waals surface area contributed by atoms with Crippen LogP contribution in [-0.2, 0) is 0 Å². The zero-order chi connectivity index (χ0) is 25.4. The maximum atomic E-state index is 12.8. The number of benzene rings is 2. The van der Waals surface area contributed by atoms with E-state index in [2.05, 4.69) is 20.2 Å². The topological polar surface area (TPSA) is 79.2 Å². The van der Waals surface area contributed by atoms with Gasteiger partial charge < -0.3 is 15.1 Å². The van der Waals surface area contributed by atoms with Gasteiger partial charge in [-0.25, -0.2) is 19.7 Å². The fourth-order valence-electron chi connectivity index (χ4n) is 5.23. The van der Waals surface area contributed by atoms with E-state index in [4.69, 9.17) is 28.2 Å². The van der Waals surface area contributed by atoms with Crippen LogP contribution >= 0.6 is 23.2 Å². The van der Waals surface area contributed by atoms with Crippen LogP contribution in [0.1, 0.15) is 25.7 Å². The lowest BCUT2D eigenvalue weighted by Crippen LogP contribution is -2.53. The summed E-state index contributed by atoms with van der Waals surface area (Å²) in [6, 6.07) is 15.5. The number of nitrogens with one attached hydrogen (secondary N) is 1. The van der Waals surface area contributed by atoms with Crippen LogP contribution in [0, 0.1) is 0 Å². The third-order valence-electron chi connectivity index (χ3n) is 7.17. The fraction of sp³-hybridized carbons (Fsp3) is 0.333. The van der Waals surface area contributed by atoms with Crippen LogP contribution in [0.5, 0.6) is 0 Å². The summed E-state index contributed by atoms with van der Waals surface area (Å²) < 4.78 is 1.99. The van der Waals surface area contributed by atoms with E-state index in [-0.39, 0.29) is 6.03 Å². The van der Waals surface area contributed by atoms with Crippen molar-refractivity contribution in [3.05, 3.63) is 64.9 Å². The Kier molecular flexibility index (Phi) is 6.61. The molecule has 37 heavy (non-hydrogen) atoms. The Hall–Kier alpha value is -3.36. The standard InChI is InChI=1S/C27H27Cl2N7O/c28-18-9-11-20(12-10-18)36-24(21-7-3-4-8-22(21)29)33-23-25(30-17-31-26(23)36)34-13-15-35(16-14-34)27(37)32-19-5-1-2-6-19/h3-4,7-12,17,19H,1-2,5-6,13-16H2,(H,32,37). The summed E-state index contributed by atoms with van der Waals surface area (Å²) in [4.78, 5) is 31.1. The molecule has 2 fully saturated rings. The van der Waals surface area contributed by atoms with Gasteiger partial charge in [-0.3, -0.25) is 4.57 Å². The molecule has 190 valence electrons. The maximum absolute atomic E-state index is 12.8. The van der Waals surface area contributed by atoms with Crippen LogP contribution in [0.25, 0.3) is 28.2 Å². The van der Waals surface area contributed by atoms with Gasteiger partial charge in [-0.2, -0.15) is 0 Å². The number of rotatable bonds is 4. The molecule has 3 heterocycles. The number of fused-ring (bicyclic) bond motifs is 1. The molecule has 2 aromatic carbocycles. The Labute approximate surface area is 225 Å². The summed E-state index contributed by atoms with van der Waals surface area (Å²) in [6.07, 6.45) is 6.12. The van der Waals surface area contributed by atoms with E-state index in [1.807, 2.05) is 58.0 Å². The molecule has 0 atom stereocenters. The molecule has 1 aliphatic carbocycles. The van der Waals surface area contributed by atoms with E-state index < -0.39 is 0 Å². The van der Waals surface area contributed by atoms with Crippen LogP contribution in [-0.4, -0.2) is 62.7 Å². The molecular weight excluding hydrogens is 509 g/mol. The highest BCUT2D eigenvalue weighted by Gasteiger charge is 2.28. The van der Waals surface area contributed by atoms with Crippen molar-refractivity contribution in [3.63, 3.8) is 0 Å². The summed E-state index contributed by atoms with van der Waals surface area (Å²) in [5.74, 6) is 1.43. The highest BCUT2D eigenvalue weighted by atomic mass is 35.5. The molecule has 0 radical (unpaired) electrons. The lowest BCUT2D eigenvalue weighted by atomic mass is 10.2. The summed E-state index contributed by atoms with van der Waals surface area (Å²) in [7, 11) is 0. The number of aromatic nitrogens is 4. The minimum absolute atomic E-state index is 0.0346. The Morgan fingerprint density at radius 1 is 0.919 bits per heavy atom. The molecule has 0 bridgehead atoms. The van der Waals surface area contributed by atoms with Crippen LogP contribution < -0.4 is 10.2 Å². The lowest BCUT2D eigenvalue weighted by Gasteiger charge is -2.35. The second-order valence-corrected chi connectivity index (χ2v) is 10.3. The van der Waals surface area contributed by atoms with Gasteiger partial charge in [0.25, 0.3) is 0 Å². The van der Waals surface area contributed by atoms with Gasteiger partial charge in [0.15, 0.2) is 17.0 Å². The van der Waals surface area contributed by atoms with Crippen molar-refractivity contribution < 1.29 is 4.79 Å². The van der Waals surface area contributed by atoms with Gasteiger partial charge in [0, 0.05) is 48.5 Å². The Morgan fingerprint density at radius 3 is 2.38 bits per heavy atom. The molecule has 6 rings (SSSR count). The number of anilines is 1. The molecule has 8 nitrogen and oxygen atoms in total. The first-order chi connectivity index (χ1) is 18.1. The molecule has 4 aromatic rings. The molecule has 2 amide bonds. The third-order valence-corrected chi connectivity index (χ3v) is 7.76. The number of urea groups is 1. The molecule has 1 saturated heterocycles. The monoisotopic (exact) mass is 535 g/mol. The predicted molar refractivity (Wildman–Crippen MR) is 147 cm³/mol. The smallest absolute Gasteiger partial charge is 0.317 e. The van der Waals surface area contributed by atoms with Crippen molar-refractivity contribution in [2.75, 3.05) is 31.1 Å². The lowest BCUT2D eigenvalue weighted by molar-refractivity contribution is 0.190. The molecule has 2 aromatic heterocycles. The predicted octanol–water partition coefficient (Wildman–Crippen LogP) is 5.56. The summed E-state index contributed by atoms with van der Waals surface area (Å²) in [6.45, 7) is 2.58. The molecule has 10 heteroatoms. The zero-order valence-electron chi connectivity index (χ0n) is 20.3. The molecule has 0 spiro atoms. The number of nitrogens with zero attached hydrogens (tertiary/aromatic N) is 6. The van der Waals surface area contributed by atoms with Gasteiger partial charge in [-0.1, -0.05) is 48.2 Å². The summed E-state index contributed by atoms with van der Waals surface area (Å²) >= 11 is 12.8. The van der Waals surface area contributed by atoms with E-state index >= 15 is 0 Å². The first-order valence-corrected chi connectivity index (χ1v) is 13.4. The number of amides is 2. The second-order valence-electron chi connectivity index (χ2n) is 9.50. The van der Waals surface area contributed by atoms with E-state index in [9.17, 15) is 4.79 Å². The number of piperazine rings is 1. The van der Waals surface area contributed by atoms with Crippen molar-refractivity contribution in [2.24, 2.45) is 0 Å². The minimum atomic E-state index is 0.0346. The second kappa shape index (κ2) is 10.2. The van der Waals surface area contributed by atoms with Crippen LogP contribution in [0.3, 0.4) is 0 Å². The van der Waals surface area contributed by atoms with Gasteiger partial charge >= 0.3 is 6.03 Å². The first kappa shape index (κ1) is 24.0. The van der Waals surface area contributed by atoms with Crippen LogP contribution in [0.15, 0.2) is 54.9 Å². The molecule has 1 aliphatic heterocycles. The Balaban J connectivity index is 1.34. The normalized spacial score (nSPS) is 16.5. The van der Waals surface area contributed by atoms with Crippen molar-refractivity contribution in [1.82, 2.24) is 29.7 Å². The van der Waals surface area contributed by atoms with Gasteiger partial charge in [0.05, 0.1) is 5.02 Å². The summed E-state index contributed by atoms with van der Waals surface area (Å²) in [5.41, 5.74) is 3.05. The quantitative estimate of drug-likeness (QED) is 0.369. The van der Waals surface area contributed by atoms with Crippen molar-refractivity contribution in [3.8, 4) is 17.1 Å². The van der Waals surface area contributed by atoms with Gasteiger partial charge in [-0.15, -0.1) is 0 Å². The van der Waals surface area contributed by atoms with Crippen LogP contribution in [0.4, 0.5) is 10.6 Å². The van der Waals surface area contributed by atoms with E-state index in [0.29, 0.717) is 59.3 Å². The molecule has 2 aliphatic rings. The minimum Gasteiger partial charge on any atom is -0.351 e. The molecular formula is C27H27Cl2N7O. The van der Waals surface area contributed by atoms with Crippen molar-refractivity contribution in [1.29, 1.82) is 0 Å². The largest absolute Gasteiger partial charge is 0.351 e. The molecule has 1 N–H and O–H groups in total. The Morgan fingerprint density at radius 2 is 1.65 bits per heavy atom.